The van der Waals surface area contributed by atoms with Crippen molar-refractivity contribution in [1.29, 1.82) is 0 Å². The standard InChI is InChI=1S/C13H21N3O2S/c1-10-4-3-9-16(11(10)2)19(17,18)13-7-5-12(15-14)6-8-13/h5-8,10-11,15H,3-4,9,14H2,1-2H3. The zero-order valence-corrected chi connectivity index (χ0v) is 12.2. The minimum atomic E-state index is -3.40. The van der Waals surface area contributed by atoms with E-state index in [4.69, 9.17) is 5.84 Å². The normalized spacial score (nSPS) is 25.2. The van der Waals surface area contributed by atoms with Gasteiger partial charge in [-0.25, -0.2) is 8.42 Å². The second-order valence-corrected chi connectivity index (χ2v) is 7.04. The lowest BCUT2D eigenvalue weighted by atomic mass is 9.94. The van der Waals surface area contributed by atoms with Gasteiger partial charge >= 0.3 is 0 Å². The zero-order valence-electron chi connectivity index (χ0n) is 11.3. The predicted octanol–water partition coefficient (Wildman–Crippen LogP) is 1.78. The molecule has 0 radical (unpaired) electrons. The molecule has 0 saturated carbocycles. The largest absolute Gasteiger partial charge is 0.324 e. The fourth-order valence-corrected chi connectivity index (χ4v) is 4.26. The Hall–Kier alpha value is -1.11. The molecule has 0 amide bonds. The van der Waals surface area contributed by atoms with E-state index in [0.29, 0.717) is 23.0 Å². The molecule has 2 atom stereocenters. The zero-order chi connectivity index (χ0) is 14.0. The Bertz CT molecular complexity index is 527. The first-order chi connectivity index (χ1) is 8.96. The number of hydrogen-bond acceptors (Lipinski definition) is 4. The van der Waals surface area contributed by atoms with Gasteiger partial charge in [0.2, 0.25) is 10.0 Å². The van der Waals surface area contributed by atoms with Gasteiger partial charge in [0.05, 0.1) is 4.90 Å². The number of nitrogens with zero attached hydrogens (tertiary/aromatic N) is 1. The van der Waals surface area contributed by atoms with Crippen molar-refractivity contribution in [2.45, 2.75) is 37.6 Å². The highest BCUT2D eigenvalue weighted by molar-refractivity contribution is 7.89. The Morgan fingerprint density at radius 3 is 2.47 bits per heavy atom. The van der Waals surface area contributed by atoms with E-state index in [-0.39, 0.29) is 6.04 Å². The first kappa shape index (κ1) is 14.3. The number of nitrogens with one attached hydrogen (secondary N) is 1. The maximum absolute atomic E-state index is 12.6. The highest BCUT2D eigenvalue weighted by Crippen LogP contribution is 2.29. The monoisotopic (exact) mass is 283 g/mol. The fraction of sp³-hybridized carbons (Fsp3) is 0.538. The molecule has 1 fully saturated rings. The van der Waals surface area contributed by atoms with Gasteiger partial charge in [-0.05, 0) is 49.9 Å². The van der Waals surface area contributed by atoms with Gasteiger partial charge in [-0.3, -0.25) is 5.84 Å². The quantitative estimate of drug-likeness (QED) is 0.655. The highest BCUT2D eigenvalue weighted by Gasteiger charge is 2.34. The van der Waals surface area contributed by atoms with Gasteiger partial charge in [-0.1, -0.05) is 6.92 Å². The van der Waals surface area contributed by atoms with Crippen molar-refractivity contribution in [2.75, 3.05) is 12.0 Å². The molecule has 1 heterocycles. The molecule has 2 rings (SSSR count). The van der Waals surface area contributed by atoms with E-state index in [2.05, 4.69) is 12.3 Å². The molecule has 3 N–H and O–H groups in total. The summed E-state index contributed by atoms with van der Waals surface area (Å²) < 4.78 is 26.9. The van der Waals surface area contributed by atoms with Gasteiger partial charge in [0.15, 0.2) is 0 Å². The van der Waals surface area contributed by atoms with E-state index in [1.165, 1.54) is 0 Å². The fourth-order valence-electron chi connectivity index (χ4n) is 2.50. The molecule has 2 unspecified atom stereocenters. The number of nitrogen functional groups attached to an aromatic ring is 1. The average molecular weight is 283 g/mol. The summed E-state index contributed by atoms with van der Waals surface area (Å²) >= 11 is 0. The Kier molecular flexibility index (Phi) is 4.13. The van der Waals surface area contributed by atoms with Crippen LogP contribution in [0.1, 0.15) is 26.7 Å². The number of hydrazine groups is 1. The second kappa shape index (κ2) is 5.48. The molecule has 106 valence electrons. The molecule has 0 aromatic heterocycles. The van der Waals surface area contributed by atoms with Crippen LogP contribution in [0.4, 0.5) is 5.69 Å². The Labute approximate surface area is 114 Å². The number of rotatable bonds is 3. The second-order valence-electron chi connectivity index (χ2n) is 5.14. The molecular weight excluding hydrogens is 262 g/mol. The van der Waals surface area contributed by atoms with Gasteiger partial charge in [0.25, 0.3) is 0 Å². The highest BCUT2D eigenvalue weighted by atomic mass is 32.2. The van der Waals surface area contributed by atoms with Crippen molar-refractivity contribution in [3.63, 3.8) is 0 Å². The first-order valence-corrected chi connectivity index (χ1v) is 7.99. The smallest absolute Gasteiger partial charge is 0.243 e. The van der Waals surface area contributed by atoms with Crippen LogP contribution >= 0.6 is 0 Å². The molecule has 1 aliphatic heterocycles. The summed E-state index contributed by atoms with van der Waals surface area (Å²) in [4.78, 5) is 0.326. The van der Waals surface area contributed by atoms with E-state index in [1.54, 1.807) is 28.6 Å². The van der Waals surface area contributed by atoms with Crippen LogP contribution in [0.15, 0.2) is 29.2 Å². The lowest BCUT2D eigenvalue weighted by molar-refractivity contribution is 0.202. The van der Waals surface area contributed by atoms with Gasteiger partial charge in [0.1, 0.15) is 0 Å². The first-order valence-electron chi connectivity index (χ1n) is 6.55. The third-order valence-corrected chi connectivity index (χ3v) is 5.94. The lowest BCUT2D eigenvalue weighted by Gasteiger charge is -2.36. The minimum Gasteiger partial charge on any atom is -0.324 e. The van der Waals surface area contributed by atoms with Crippen molar-refractivity contribution in [1.82, 2.24) is 4.31 Å². The molecule has 1 aromatic rings. The van der Waals surface area contributed by atoms with Crippen molar-refractivity contribution >= 4 is 15.7 Å². The number of anilines is 1. The van der Waals surface area contributed by atoms with Gasteiger partial charge in [-0.15, -0.1) is 0 Å². The van der Waals surface area contributed by atoms with Gasteiger partial charge < -0.3 is 5.43 Å². The van der Waals surface area contributed by atoms with E-state index < -0.39 is 10.0 Å². The molecule has 0 spiro atoms. The number of nitrogens with two attached hydrogens (primary N) is 1. The van der Waals surface area contributed by atoms with Gasteiger partial charge in [0, 0.05) is 18.3 Å². The molecule has 6 heteroatoms. The van der Waals surface area contributed by atoms with Gasteiger partial charge in [-0.2, -0.15) is 4.31 Å². The average Bonchev–Trinajstić information content (AvgIpc) is 2.41. The summed E-state index contributed by atoms with van der Waals surface area (Å²) in [7, 11) is -3.40. The summed E-state index contributed by atoms with van der Waals surface area (Å²) in [6.45, 7) is 4.69. The molecular formula is C13H21N3O2S. The third kappa shape index (κ3) is 2.75. The van der Waals surface area contributed by atoms with Crippen molar-refractivity contribution in [3.05, 3.63) is 24.3 Å². The Morgan fingerprint density at radius 1 is 1.26 bits per heavy atom. The molecule has 0 aliphatic carbocycles. The Balaban J connectivity index is 2.30. The van der Waals surface area contributed by atoms with Crippen LogP contribution in [-0.2, 0) is 10.0 Å². The van der Waals surface area contributed by atoms with Crippen LogP contribution in [0.3, 0.4) is 0 Å². The maximum atomic E-state index is 12.6. The molecule has 0 bridgehead atoms. The molecule has 19 heavy (non-hydrogen) atoms. The maximum Gasteiger partial charge on any atom is 0.243 e. The summed E-state index contributed by atoms with van der Waals surface area (Å²) in [5, 5.41) is 0. The van der Waals surface area contributed by atoms with Crippen LogP contribution in [-0.4, -0.2) is 25.3 Å². The lowest BCUT2D eigenvalue weighted by Crippen LogP contribution is -2.45. The number of benzene rings is 1. The minimum absolute atomic E-state index is 0.0473. The van der Waals surface area contributed by atoms with Crippen molar-refractivity contribution in [3.8, 4) is 0 Å². The number of hydrogen-bond donors (Lipinski definition) is 2. The summed E-state index contributed by atoms with van der Waals surface area (Å²) in [6.07, 6.45) is 2.01. The third-order valence-electron chi connectivity index (χ3n) is 3.94. The van der Waals surface area contributed by atoms with E-state index in [1.807, 2.05) is 6.92 Å². The number of piperidine rings is 1. The van der Waals surface area contributed by atoms with Crippen LogP contribution in [0.2, 0.25) is 0 Å². The molecule has 1 aromatic carbocycles. The van der Waals surface area contributed by atoms with E-state index >= 15 is 0 Å². The van der Waals surface area contributed by atoms with Crippen LogP contribution in [0, 0.1) is 5.92 Å². The molecule has 1 saturated heterocycles. The Morgan fingerprint density at radius 2 is 1.89 bits per heavy atom. The SMILES string of the molecule is CC1CCCN(S(=O)(=O)c2ccc(NN)cc2)C1C. The van der Waals surface area contributed by atoms with Crippen molar-refractivity contribution < 1.29 is 8.42 Å². The van der Waals surface area contributed by atoms with E-state index in [0.717, 1.165) is 12.8 Å². The van der Waals surface area contributed by atoms with Crippen LogP contribution in [0.25, 0.3) is 0 Å². The topological polar surface area (TPSA) is 75.4 Å². The van der Waals surface area contributed by atoms with E-state index in [9.17, 15) is 8.42 Å². The number of sulfonamides is 1. The summed E-state index contributed by atoms with van der Waals surface area (Å²) in [5.74, 6) is 5.68. The van der Waals surface area contributed by atoms with Crippen LogP contribution < -0.4 is 11.3 Å². The predicted molar refractivity (Wildman–Crippen MR) is 76.0 cm³/mol. The van der Waals surface area contributed by atoms with Crippen molar-refractivity contribution in [2.24, 2.45) is 11.8 Å². The molecule has 1 aliphatic rings. The van der Waals surface area contributed by atoms with Crippen LogP contribution in [0.5, 0.6) is 0 Å². The summed E-state index contributed by atoms with van der Waals surface area (Å²) in [5.41, 5.74) is 3.19. The molecule has 5 nitrogen and oxygen atoms in total. The summed E-state index contributed by atoms with van der Waals surface area (Å²) in [6, 6.07) is 6.58.